The van der Waals surface area contributed by atoms with E-state index in [1.54, 1.807) is 0 Å². The number of ketones is 1. The van der Waals surface area contributed by atoms with Gasteiger partial charge in [0.1, 0.15) is 5.76 Å². The number of pyridine rings is 1. The fraction of sp³-hybridized carbons (Fsp3) is 0.560. The van der Waals surface area contributed by atoms with E-state index in [1.807, 2.05) is 41.5 Å². The van der Waals surface area contributed by atoms with E-state index in [2.05, 4.69) is 89.2 Å². The van der Waals surface area contributed by atoms with Crippen LogP contribution in [0.4, 0.5) is 0 Å². The van der Waals surface area contributed by atoms with Gasteiger partial charge in [-0.25, -0.2) is 0 Å². The molecule has 0 aliphatic heterocycles. The zero-order chi connectivity index (χ0) is 38.8. The van der Waals surface area contributed by atoms with E-state index in [4.69, 9.17) is 4.98 Å². The number of aryl methyl sites for hydroxylation is 2. The number of rotatable bonds is 9. The summed E-state index contributed by atoms with van der Waals surface area (Å²) in [5, 5.41) is 14.0. The summed E-state index contributed by atoms with van der Waals surface area (Å²) in [7, 11) is 0. The maximum atomic E-state index is 12.2. The van der Waals surface area contributed by atoms with Gasteiger partial charge in [0.25, 0.3) is 0 Å². The average Bonchev–Trinajstić information content (AvgIpc) is 3.60. The molecule has 54 heavy (non-hydrogen) atoms. The van der Waals surface area contributed by atoms with Gasteiger partial charge >= 0.3 is 0 Å². The maximum absolute atomic E-state index is 12.2. The van der Waals surface area contributed by atoms with Crippen LogP contribution in [0.25, 0.3) is 32.9 Å². The van der Waals surface area contributed by atoms with Crippen molar-refractivity contribution in [1.82, 2.24) is 4.98 Å². The second-order valence-electron chi connectivity index (χ2n) is 18.4. The topological polar surface area (TPSA) is 50.2 Å². The van der Waals surface area contributed by atoms with Crippen molar-refractivity contribution in [2.45, 2.75) is 165 Å². The van der Waals surface area contributed by atoms with E-state index >= 15 is 0 Å². The number of hydrogen-bond donors (Lipinski definition) is 1. The first kappa shape index (κ1) is 43.9. The molecule has 6 rings (SSSR count). The third kappa shape index (κ3) is 9.24. The Morgan fingerprint density at radius 2 is 1.44 bits per heavy atom. The summed E-state index contributed by atoms with van der Waals surface area (Å²) >= 11 is 0. The van der Waals surface area contributed by atoms with Gasteiger partial charge in [0, 0.05) is 48.1 Å². The Morgan fingerprint density at radius 3 is 2.02 bits per heavy atom. The first-order valence-corrected chi connectivity index (χ1v) is 20.9. The van der Waals surface area contributed by atoms with E-state index in [9.17, 15) is 9.90 Å². The number of nitrogens with zero attached hydrogens (tertiary/aromatic N) is 1. The maximum Gasteiger partial charge on any atom is 0.164 e. The molecule has 1 spiro atoms. The molecule has 3 aromatic carbocycles. The largest absolute Gasteiger partial charge is 0.512 e. The van der Waals surface area contributed by atoms with Crippen LogP contribution in [0, 0.1) is 36.2 Å². The molecule has 295 valence electrons. The quantitative estimate of drug-likeness (QED) is 0.103. The van der Waals surface area contributed by atoms with Crippen molar-refractivity contribution in [3.63, 3.8) is 0 Å². The summed E-state index contributed by atoms with van der Waals surface area (Å²) < 4.78 is 0. The predicted molar refractivity (Wildman–Crippen MR) is 227 cm³/mol. The molecule has 0 amide bonds. The number of carbonyl (C=O) groups is 1. The third-order valence-electron chi connectivity index (χ3n) is 13.9. The molecular formula is C50H68IrNO2-. The predicted octanol–water partition coefficient (Wildman–Crippen LogP) is 14.6. The SMILES string of the molecule is CCC(C)(CC)C(=O)/C=C(\O)C(C)(CC)CC.Cc1cc(C)c2c(C3CCC4(CCCC4)CC3)cc(-c3[c-]c4ccccc4c(C(C)(C)C)c3)nc2c1.[Ir]. The summed E-state index contributed by atoms with van der Waals surface area (Å²) in [6, 6.07) is 21.9. The molecule has 2 fully saturated rings. The molecule has 1 radical (unpaired) electrons. The monoisotopic (exact) mass is 907 g/mol. The Morgan fingerprint density at radius 1 is 0.852 bits per heavy atom. The molecule has 0 atom stereocenters. The van der Waals surface area contributed by atoms with Crippen LogP contribution in [0.15, 0.2) is 60.4 Å². The second-order valence-corrected chi connectivity index (χ2v) is 18.4. The molecule has 4 heteroatoms. The van der Waals surface area contributed by atoms with E-state index in [0.717, 1.165) is 42.5 Å². The molecule has 2 aliphatic carbocycles. The standard InChI is InChI=1S/C35H40N.C15H28O2.Ir/c1-23-18-24(2)33-29(25-12-16-35(17-13-25)14-8-9-15-35)22-31(36-32(33)19-23)27-20-26-10-6-7-11-28(26)30(21-27)34(3,4)5;1-7-14(5,8-2)12(16)11-13(17)15(6,9-3)10-4;/h6-7,10-11,18-19,21-22,25H,8-9,12-17H2,1-5H3;11,16H,7-10H2,1-6H3;/q-1;;/b;12-11-;. The number of allylic oxidation sites excluding steroid dienone is 2. The van der Waals surface area contributed by atoms with E-state index in [0.29, 0.717) is 11.3 Å². The van der Waals surface area contributed by atoms with E-state index < -0.39 is 0 Å². The van der Waals surface area contributed by atoms with Crippen molar-refractivity contribution >= 4 is 27.5 Å². The van der Waals surface area contributed by atoms with Crippen LogP contribution in [0.3, 0.4) is 0 Å². The fourth-order valence-corrected chi connectivity index (χ4v) is 9.09. The zero-order valence-electron chi connectivity index (χ0n) is 35.4. The van der Waals surface area contributed by atoms with Gasteiger partial charge in [-0.15, -0.1) is 29.1 Å². The van der Waals surface area contributed by atoms with Crippen molar-refractivity contribution in [1.29, 1.82) is 0 Å². The van der Waals surface area contributed by atoms with E-state index in [1.165, 1.54) is 95.9 Å². The Bertz CT molecular complexity index is 1940. The van der Waals surface area contributed by atoms with Crippen molar-refractivity contribution < 1.29 is 30.0 Å². The fourth-order valence-electron chi connectivity index (χ4n) is 9.09. The van der Waals surface area contributed by atoms with Gasteiger partial charge in [-0.05, 0) is 118 Å². The molecule has 0 unspecified atom stereocenters. The van der Waals surface area contributed by atoms with E-state index in [-0.39, 0.29) is 47.9 Å². The first-order valence-electron chi connectivity index (χ1n) is 20.9. The van der Waals surface area contributed by atoms with Crippen molar-refractivity contribution in [2.24, 2.45) is 16.2 Å². The summed E-state index contributed by atoms with van der Waals surface area (Å²) in [6.45, 7) is 23.5. The average molecular weight is 907 g/mol. The van der Waals surface area contributed by atoms with Gasteiger partial charge in [-0.2, -0.15) is 0 Å². The van der Waals surface area contributed by atoms with Crippen LogP contribution in [0.2, 0.25) is 0 Å². The Hall–Kier alpha value is -2.81. The molecule has 0 bridgehead atoms. The molecule has 3 nitrogen and oxygen atoms in total. The van der Waals surface area contributed by atoms with Gasteiger partial charge in [0.15, 0.2) is 5.78 Å². The second kappa shape index (κ2) is 17.5. The normalized spacial score (nSPS) is 16.7. The van der Waals surface area contributed by atoms with Gasteiger partial charge in [0.05, 0.1) is 5.52 Å². The number of aromatic nitrogens is 1. The summed E-state index contributed by atoms with van der Waals surface area (Å²) in [6.07, 6.45) is 16.0. The molecule has 1 N–H and O–H groups in total. The van der Waals surface area contributed by atoms with Crippen LogP contribution in [0.1, 0.15) is 168 Å². The number of hydrogen-bond acceptors (Lipinski definition) is 3. The molecule has 1 aromatic heterocycles. The van der Waals surface area contributed by atoms with Crippen LogP contribution in [-0.4, -0.2) is 15.9 Å². The summed E-state index contributed by atoms with van der Waals surface area (Å²) in [5.41, 5.74) is 9.03. The smallest absolute Gasteiger partial charge is 0.164 e. The van der Waals surface area contributed by atoms with Crippen molar-refractivity contribution in [2.75, 3.05) is 0 Å². The number of aliphatic hydroxyl groups excluding tert-OH is 1. The van der Waals surface area contributed by atoms with Gasteiger partial charge < -0.3 is 5.11 Å². The number of fused-ring (bicyclic) bond motifs is 2. The Balaban J connectivity index is 0.000000309. The van der Waals surface area contributed by atoms with Gasteiger partial charge in [0.2, 0.25) is 0 Å². The Kier molecular flexibility index (Phi) is 14.3. The molecule has 4 aromatic rings. The van der Waals surface area contributed by atoms with Gasteiger partial charge in [-0.1, -0.05) is 116 Å². The third-order valence-corrected chi connectivity index (χ3v) is 13.9. The van der Waals surface area contributed by atoms with Crippen LogP contribution in [0.5, 0.6) is 0 Å². The van der Waals surface area contributed by atoms with Crippen molar-refractivity contribution in [3.8, 4) is 11.3 Å². The molecule has 2 saturated carbocycles. The van der Waals surface area contributed by atoms with Crippen LogP contribution in [-0.2, 0) is 30.3 Å². The van der Waals surface area contributed by atoms with Crippen molar-refractivity contribution in [3.05, 3.63) is 88.7 Å². The summed E-state index contributed by atoms with van der Waals surface area (Å²) in [5.74, 6) is 0.915. The zero-order valence-corrected chi connectivity index (χ0v) is 37.8. The number of benzene rings is 3. The first-order chi connectivity index (χ1) is 25.0. The molecule has 0 saturated heterocycles. The minimum absolute atomic E-state index is 0. The Labute approximate surface area is 341 Å². The summed E-state index contributed by atoms with van der Waals surface area (Å²) in [4.78, 5) is 17.5. The molecule has 1 heterocycles. The molecular weight excluding hydrogens is 839 g/mol. The minimum Gasteiger partial charge on any atom is -0.512 e. The minimum atomic E-state index is -0.337. The van der Waals surface area contributed by atoms with Crippen LogP contribution < -0.4 is 0 Å². The molecule has 2 aliphatic rings. The van der Waals surface area contributed by atoms with Crippen LogP contribution >= 0.6 is 0 Å². The number of aliphatic hydroxyl groups is 1. The van der Waals surface area contributed by atoms with Gasteiger partial charge in [-0.3, -0.25) is 9.78 Å². The number of carbonyl (C=O) groups excluding carboxylic acids is 1.